The Morgan fingerprint density at radius 3 is 2.92 bits per heavy atom. The Bertz CT molecular complexity index is 663. The first kappa shape index (κ1) is 16.7. The second kappa shape index (κ2) is 8.08. The van der Waals surface area contributed by atoms with E-state index in [-0.39, 0.29) is 17.8 Å². The van der Waals surface area contributed by atoms with Crippen LogP contribution >= 0.6 is 0 Å². The van der Waals surface area contributed by atoms with Crippen LogP contribution in [0.2, 0.25) is 0 Å². The number of aromatic amines is 1. The zero-order valence-corrected chi connectivity index (χ0v) is 13.4. The van der Waals surface area contributed by atoms with Crippen LogP contribution in [-0.4, -0.2) is 43.4 Å². The molecule has 0 saturated carbocycles. The van der Waals surface area contributed by atoms with E-state index in [1.54, 1.807) is 24.5 Å². The molecular weight excluding hydrogens is 311 g/mol. The number of ether oxygens (including phenoxy) is 2. The van der Waals surface area contributed by atoms with Gasteiger partial charge in [0.2, 0.25) is 0 Å². The zero-order chi connectivity index (χ0) is 16.8. The average molecular weight is 332 g/mol. The molecule has 1 aliphatic rings. The summed E-state index contributed by atoms with van der Waals surface area (Å²) in [6.07, 6.45) is 5.69. The molecule has 1 amide bonds. The van der Waals surface area contributed by atoms with Crippen molar-refractivity contribution in [2.24, 2.45) is 0 Å². The van der Waals surface area contributed by atoms with Gasteiger partial charge in [-0.1, -0.05) is 12.1 Å². The summed E-state index contributed by atoms with van der Waals surface area (Å²) in [5, 5.41) is 2.83. The zero-order valence-electron chi connectivity index (χ0n) is 13.4. The van der Waals surface area contributed by atoms with Gasteiger partial charge in [0, 0.05) is 31.1 Å². The van der Waals surface area contributed by atoms with Crippen molar-refractivity contribution in [2.45, 2.75) is 18.9 Å². The van der Waals surface area contributed by atoms with Crippen LogP contribution in [0.15, 0.2) is 36.7 Å². The molecule has 1 aromatic heterocycles. The molecule has 0 radical (unpaired) electrons. The van der Waals surface area contributed by atoms with Crippen LogP contribution in [0.1, 0.15) is 23.2 Å². The van der Waals surface area contributed by atoms with E-state index in [1.165, 1.54) is 12.1 Å². The number of benzene rings is 1. The molecule has 3 rings (SSSR count). The minimum absolute atomic E-state index is 0.184. The number of nitrogens with one attached hydrogen (secondary N) is 2. The summed E-state index contributed by atoms with van der Waals surface area (Å²) in [7, 11) is 0. The number of hydrogen-bond donors (Lipinski definition) is 2. The summed E-state index contributed by atoms with van der Waals surface area (Å²) >= 11 is 0. The van der Waals surface area contributed by atoms with E-state index >= 15 is 0 Å². The maximum atomic E-state index is 13.0. The second-order valence-electron chi connectivity index (χ2n) is 5.76. The fraction of sp³-hybridized carbons (Fsp3) is 0.389. The van der Waals surface area contributed by atoms with Gasteiger partial charge in [-0.15, -0.1) is 0 Å². The monoisotopic (exact) mass is 332 g/mol. The summed E-state index contributed by atoms with van der Waals surface area (Å²) in [6, 6.07) is 6.06. The molecular formula is C18H21FN2O3. The van der Waals surface area contributed by atoms with Gasteiger partial charge in [-0.05, 0) is 30.5 Å². The van der Waals surface area contributed by atoms with Gasteiger partial charge in [0.1, 0.15) is 5.82 Å². The average Bonchev–Trinajstić information content (AvgIpc) is 3.26. The lowest BCUT2D eigenvalue weighted by Crippen LogP contribution is -2.28. The third-order valence-electron chi connectivity index (χ3n) is 4.01. The molecule has 0 aliphatic carbocycles. The van der Waals surface area contributed by atoms with E-state index in [1.807, 2.05) is 0 Å². The third kappa shape index (κ3) is 4.21. The molecule has 6 heteroatoms. The van der Waals surface area contributed by atoms with Crippen LogP contribution in [0, 0.1) is 5.82 Å². The van der Waals surface area contributed by atoms with Crippen LogP contribution in [0.5, 0.6) is 0 Å². The quantitative estimate of drug-likeness (QED) is 0.766. The molecule has 2 heterocycles. The smallest absolute Gasteiger partial charge is 0.253 e. The molecule has 2 N–H and O–H groups in total. The minimum Gasteiger partial charge on any atom is -0.377 e. The molecule has 1 aromatic carbocycles. The summed E-state index contributed by atoms with van der Waals surface area (Å²) in [4.78, 5) is 15.2. The highest BCUT2D eigenvalue weighted by Gasteiger charge is 2.16. The first-order valence-corrected chi connectivity index (χ1v) is 8.14. The van der Waals surface area contributed by atoms with Crippen LogP contribution in [0.3, 0.4) is 0 Å². The lowest BCUT2D eigenvalue weighted by Gasteiger charge is -2.10. The highest BCUT2D eigenvalue weighted by atomic mass is 19.1. The fourth-order valence-corrected chi connectivity index (χ4v) is 2.74. The number of carbonyl (C=O) groups excluding carboxylic acids is 1. The Labute approximate surface area is 140 Å². The van der Waals surface area contributed by atoms with Crippen LogP contribution < -0.4 is 5.32 Å². The Morgan fingerprint density at radius 1 is 1.33 bits per heavy atom. The normalized spacial score (nSPS) is 17.1. The molecule has 1 aliphatic heterocycles. The van der Waals surface area contributed by atoms with Crippen molar-refractivity contribution in [1.82, 2.24) is 10.3 Å². The third-order valence-corrected chi connectivity index (χ3v) is 4.01. The number of carbonyl (C=O) groups is 1. The minimum atomic E-state index is -0.302. The van der Waals surface area contributed by atoms with E-state index in [2.05, 4.69) is 10.3 Å². The maximum absolute atomic E-state index is 13.0. The summed E-state index contributed by atoms with van der Waals surface area (Å²) in [6.45, 7) is 2.26. The Hall–Kier alpha value is -2.18. The predicted molar refractivity (Wildman–Crippen MR) is 88.3 cm³/mol. The van der Waals surface area contributed by atoms with Gasteiger partial charge in [0.25, 0.3) is 5.91 Å². The fourth-order valence-electron chi connectivity index (χ4n) is 2.74. The highest BCUT2D eigenvalue weighted by Crippen LogP contribution is 2.23. The first-order valence-electron chi connectivity index (χ1n) is 8.14. The first-order chi connectivity index (χ1) is 11.7. The number of amides is 1. The highest BCUT2D eigenvalue weighted by molar-refractivity contribution is 6.00. The van der Waals surface area contributed by atoms with Gasteiger partial charge in [0.15, 0.2) is 0 Å². The topological polar surface area (TPSA) is 63.4 Å². The largest absolute Gasteiger partial charge is 0.377 e. The number of hydrogen-bond acceptors (Lipinski definition) is 3. The van der Waals surface area contributed by atoms with E-state index in [9.17, 15) is 9.18 Å². The molecule has 0 bridgehead atoms. The maximum Gasteiger partial charge on any atom is 0.253 e. The van der Waals surface area contributed by atoms with Gasteiger partial charge in [0.05, 0.1) is 24.9 Å². The standard InChI is InChI=1S/C18H21FN2O3/c19-14-5-3-13(4-6-14)16-10-20-11-17(16)18(22)21-7-9-23-12-15-2-1-8-24-15/h3-6,10-11,15,20H,1-2,7-9,12H2,(H,21,22). The van der Waals surface area contributed by atoms with Crippen molar-refractivity contribution in [3.8, 4) is 11.1 Å². The van der Waals surface area contributed by atoms with Crippen molar-refractivity contribution in [2.75, 3.05) is 26.4 Å². The van der Waals surface area contributed by atoms with E-state index in [4.69, 9.17) is 9.47 Å². The number of H-pyrrole nitrogens is 1. The van der Waals surface area contributed by atoms with Crippen molar-refractivity contribution in [3.63, 3.8) is 0 Å². The summed E-state index contributed by atoms with van der Waals surface area (Å²) in [5.41, 5.74) is 2.06. The number of aromatic nitrogens is 1. The van der Waals surface area contributed by atoms with Gasteiger partial charge in [-0.3, -0.25) is 4.79 Å². The second-order valence-corrected chi connectivity index (χ2v) is 5.76. The van der Waals surface area contributed by atoms with Crippen LogP contribution in [-0.2, 0) is 9.47 Å². The van der Waals surface area contributed by atoms with Gasteiger partial charge < -0.3 is 19.8 Å². The van der Waals surface area contributed by atoms with E-state index in [0.29, 0.717) is 25.3 Å². The number of halogens is 1. The molecule has 24 heavy (non-hydrogen) atoms. The van der Waals surface area contributed by atoms with E-state index in [0.717, 1.165) is 30.6 Å². The van der Waals surface area contributed by atoms with Crippen molar-refractivity contribution < 1.29 is 18.7 Å². The molecule has 1 saturated heterocycles. The van der Waals surface area contributed by atoms with Crippen molar-refractivity contribution in [3.05, 3.63) is 48.0 Å². The molecule has 1 unspecified atom stereocenters. The number of rotatable bonds is 7. The van der Waals surface area contributed by atoms with Crippen molar-refractivity contribution >= 4 is 5.91 Å². The SMILES string of the molecule is O=C(NCCOCC1CCCO1)c1c[nH]cc1-c1ccc(F)cc1. The summed E-state index contributed by atoms with van der Waals surface area (Å²) < 4.78 is 24.0. The van der Waals surface area contributed by atoms with Gasteiger partial charge in [-0.2, -0.15) is 0 Å². The molecule has 5 nitrogen and oxygen atoms in total. The predicted octanol–water partition coefficient (Wildman–Crippen LogP) is 2.75. The van der Waals surface area contributed by atoms with Gasteiger partial charge >= 0.3 is 0 Å². The lowest BCUT2D eigenvalue weighted by molar-refractivity contribution is 0.0183. The molecule has 1 fully saturated rings. The summed E-state index contributed by atoms with van der Waals surface area (Å²) in [5.74, 6) is -0.486. The molecule has 2 aromatic rings. The van der Waals surface area contributed by atoms with Crippen LogP contribution in [0.4, 0.5) is 4.39 Å². The van der Waals surface area contributed by atoms with Crippen molar-refractivity contribution in [1.29, 1.82) is 0 Å². The molecule has 1 atom stereocenters. The van der Waals surface area contributed by atoms with Crippen LogP contribution in [0.25, 0.3) is 11.1 Å². The Morgan fingerprint density at radius 2 is 2.17 bits per heavy atom. The van der Waals surface area contributed by atoms with Gasteiger partial charge in [-0.25, -0.2) is 4.39 Å². The molecule has 0 spiro atoms. The molecule has 128 valence electrons. The Balaban J connectivity index is 1.48. The lowest BCUT2D eigenvalue weighted by atomic mass is 10.0. The Kier molecular flexibility index (Phi) is 5.61. The van der Waals surface area contributed by atoms with E-state index < -0.39 is 0 Å².